The summed E-state index contributed by atoms with van der Waals surface area (Å²) in [4.78, 5) is 8.65. The second-order valence-corrected chi connectivity index (χ2v) is 5.08. The Morgan fingerprint density at radius 3 is 2.14 bits per heavy atom. The average molecular weight is 293 g/mol. The van der Waals surface area contributed by atoms with Gasteiger partial charge in [0.15, 0.2) is 0 Å². The number of hydrogen-bond donors (Lipinski definition) is 1. The molecule has 0 saturated carbocycles. The fourth-order valence-electron chi connectivity index (χ4n) is 2.21. The summed E-state index contributed by atoms with van der Waals surface area (Å²) < 4.78 is 12.9. The molecule has 1 unspecified atom stereocenters. The monoisotopic (exact) mass is 293 g/mol. The molecule has 0 spiro atoms. The molecule has 3 nitrogen and oxygen atoms in total. The van der Waals surface area contributed by atoms with Gasteiger partial charge in [-0.05, 0) is 30.2 Å². The first kappa shape index (κ1) is 14.2. The molecular formula is C18H16FN3. The Hall–Kier alpha value is -2.75. The summed E-state index contributed by atoms with van der Waals surface area (Å²) in [5.41, 5.74) is 2.93. The predicted molar refractivity (Wildman–Crippen MR) is 85.9 cm³/mol. The van der Waals surface area contributed by atoms with Crippen molar-refractivity contribution in [3.05, 3.63) is 78.4 Å². The van der Waals surface area contributed by atoms with E-state index in [1.54, 1.807) is 24.5 Å². The molecule has 0 radical (unpaired) electrons. The lowest BCUT2D eigenvalue weighted by molar-refractivity contribution is 0.628. The lowest BCUT2D eigenvalue weighted by atomic mass is 10.1. The fraction of sp³-hybridized carbons (Fsp3) is 0.111. The minimum Gasteiger partial charge on any atom is -0.348 e. The van der Waals surface area contributed by atoms with Gasteiger partial charge in [0.2, 0.25) is 5.95 Å². The van der Waals surface area contributed by atoms with Crippen LogP contribution in [0.5, 0.6) is 0 Å². The first-order valence-corrected chi connectivity index (χ1v) is 7.12. The second kappa shape index (κ2) is 6.35. The van der Waals surface area contributed by atoms with Crippen molar-refractivity contribution in [2.75, 3.05) is 5.32 Å². The van der Waals surface area contributed by atoms with Gasteiger partial charge in [0.1, 0.15) is 5.82 Å². The van der Waals surface area contributed by atoms with Crippen molar-refractivity contribution in [1.29, 1.82) is 0 Å². The van der Waals surface area contributed by atoms with Gasteiger partial charge in [-0.3, -0.25) is 0 Å². The normalized spacial score (nSPS) is 11.9. The highest BCUT2D eigenvalue weighted by Crippen LogP contribution is 2.20. The molecule has 1 atom stereocenters. The van der Waals surface area contributed by atoms with Crippen LogP contribution in [0.2, 0.25) is 0 Å². The molecule has 0 aliphatic heterocycles. The van der Waals surface area contributed by atoms with Crippen molar-refractivity contribution in [3.63, 3.8) is 0 Å². The molecule has 2 aromatic carbocycles. The van der Waals surface area contributed by atoms with Crippen molar-refractivity contribution >= 4 is 5.95 Å². The van der Waals surface area contributed by atoms with Crippen molar-refractivity contribution in [2.24, 2.45) is 0 Å². The smallest absolute Gasteiger partial charge is 0.223 e. The van der Waals surface area contributed by atoms with E-state index in [2.05, 4.69) is 34.3 Å². The van der Waals surface area contributed by atoms with Gasteiger partial charge in [0.05, 0.1) is 6.04 Å². The molecule has 3 rings (SSSR count). The maximum Gasteiger partial charge on any atom is 0.223 e. The van der Waals surface area contributed by atoms with E-state index in [0.717, 1.165) is 11.1 Å². The van der Waals surface area contributed by atoms with Gasteiger partial charge >= 0.3 is 0 Å². The minimum atomic E-state index is -0.250. The number of nitrogens with zero attached hydrogens (tertiary/aromatic N) is 2. The van der Waals surface area contributed by atoms with Crippen LogP contribution in [-0.4, -0.2) is 9.97 Å². The summed E-state index contributed by atoms with van der Waals surface area (Å²) in [6.45, 7) is 2.06. The molecule has 0 amide bonds. The molecule has 0 saturated heterocycles. The number of benzene rings is 2. The summed E-state index contributed by atoms with van der Waals surface area (Å²) in [6.07, 6.45) is 3.47. The maximum atomic E-state index is 12.9. The van der Waals surface area contributed by atoms with E-state index in [-0.39, 0.29) is 11.9 Å². The van der Waals surface area contributed by atoms with Gasteiger partial charge in [0, 0.05) is 18.0 Å². The Morgan fingerprint density at radius 1 is 0.864 bits per heavy atom. The largest absolute Gasteiger partial charge is 0.348 e. The van der Waals surface area contributed by atoms with E-state index in [0.29, 0.717) is 5.95 Å². The molecule has 1 N–H and O–H groups in total. The van der Waals surface area contributed by atoms with Gasteiger partial charge in [-0.1, -0.05) is 42.5 Å². The molecule has 0 bridgehead atoms. The third-order valence-corrected chi connectivity index (χ3v) is 3.47. The van der Waals surface area contributed by atoms with Gasteiger partial charge in [0.25, 0.3) is 0 Å². The molecule has 0 aliphatic carbocycles. The fourth-order valence-corrected chi connectivity index (χ4v) is 2.21. The van der Waals surface area contributed by atoms with Crippen molar-refractivity contribution in [3.8, 4) is 11.1 Å². The Kier molecular flexibility index (Phi) is 4.10. The number of aromatic nitrogens is 2. The first-order chi connectivity index (χ1) is 10.7. The summed E-state index contributed by atoms with van der Waals surface area (Å²) in [6, 6.07) is 16.5. The molecule has 0 fully saturated rings. The molecule has 22 heavy (non-hydrogen) atoms. The lowest BCUT2D eigenvalue weighted by Crippen LogP contribution is -2.09. The number of halogens is 1. The molecule has 0 aliphatic rings. The summed E-state index contributed by atoms with van der Waals surface area (Å²) >= 11 is 0. The highest BCUT2D eigenvalue weighted by atomic mass is 19.1. The third kappa shape index (κ3) is 3.28. The first-order valence-electron chi connectivity index (χ1n) is 7.12. The molecule has 110 valence electrons. The highest BCUT2D eigenvalue weighted by molar-refractivity contribution is 5.61. The molecule has 1 aromatic heterocycles. The van der Waals surface area contributed by atoms with Crippen molar-refractivity contribution < 1.29 is 4.39 Å². The zero-order valence-corrected chi connectivity index (χ0v) is 12.2. The second-order valence-electron chi connectivity index (χ2n) is 5.08. The predicted octanol–water partition coefficient (Wildman–Crippen LogP) is 4.46. The SMILES string of the molecule is CC(Nc1ncc(-c2ccc(F)cc2)cn1)c1ccccc1. The van der Waals surface area contributed by atoms with Crippen LogP contribution in [0, 0.1) is 5.82 Å². The number of nitrogens with one attached hydrogen (secondary N) is 1. The Bertz CT molecular complexity index is 725. The van der Waals surface area contributed by atoms with Gasteiger partial charge < -0.3 is 5.32 Å². The van der Waals surface area contributed by atoms with Crippen LogP contribution in [-0.2, 0) is 0 Å². The standard InChI is InChI=1S/C18H16FN3/c1-13(14-5-3-2-4-6-14)22-18-20-11-16(12-21-18)15-7-9-17(19)10-8-15/h2-13H,1H3,(H,20,21,22). The molecule has 1 heterocycles. The lowest BCUT2D eigenvalue weighted by Gasteiger charge is -2.14. The van der Waals surface area contributed by atoms with Crippen LogP contribution in [0.1, 0.15) is 18.5 Å². The zero-order valence-electron chi connectivity index (χ0n) is 12.2. The van der Waals surface area contributed by atoms with Crippen molar-refractivity contribution in [1.82, 2.24) is 9.97 Å². The summed E-state index contributed by atoms with van der Waals surface area (Å²) in [5.74, 6) is 0.321. The van der Waals surface area contributed by atoms with Crippen LogP contribution in [0.25, 0.3) is 11.1 Å². The molecule has 4 heteroatoms. The van der Waals surface area contributed by atoms with E-state index in [1.807, 2.05) is 18.2 Å². The topological polar surface area (TPSA) is 37.8 Å². The van der Waals surface area contributed by atoms with E-state index in [1.165, 1.54) is 17.7 Å². The third-order valence-electron chi connectivity index (χ3n) is 3.47. The number of hydrogen-bond acceptors (Lipinski definition) is 3. The average Bonchev–Trinajstić information content (AvgIpc) is 2.57. The Labute approximate surface area is 128 Å². The van der Waals surface area contributed by atoms with Crippen molar-refractivity contribution in [2.45, 2.75) is 13.0 Å². The van der Waals surface area contributed by atoms with Crippen LogP contribution in [0.15, 0.2) is 67.0 Å². The quantitative estimate of drug-likeness (QED) is 0.772. The van der Waals surface area contributed by atoms with Gasteiger partial charge in [-0.2, -0.15) is 0 Å². The highest BCUT2D eigenvalue weighted by Gasteiger charge is 2.06. The van der Waals surface area contributed by atoms with E-state index >= 15 is 0 Å². The van der Waals surface area contributed by atoms with Gasteiger partial charge in [-0.25, -0.2) is 14.4 Å². The van der Waals surface area contributed by atoms with Gasteiger partial charge in [-0.15, -0.1) is 0 Å². The zero-order chi connectivity index (χ0) is 15.4. The Balaban J connectivity index is 1.73. The van der Waals surface area contributed by atoms with E-state index < -0.39 is 0 Å². The van der Waals surface area contributed by atoms with E-state index in [9.17, 15) is 4.39 Å². The number of anilines is 1. The minimum absolute atomic E-state index is 0.123. The maximum absolute atomic E-state index is 12.9. The van der Waals surface area contributed by atoms with Crippen LogP contribution < -0.4 is 5.32 Å². The molecular weight excluding hydrogens is 277 g/mol. The molecule has 3 aromatic rings. The Morgan fingerprint density at radius 2 is 1.50 bits per heavy atom. The van der Waals surface area contributed by atoms with Crippen LogP contribution >= 0.6 is 0 Å². The van der Waals surface area contributed by atoms with E-state index in [4.69, 9.17) is 0 Å². The van der Waals surface area contributed by atoms with Crippen LogP contribution in [0.4, 0.5) is 10.3 Å². The number of rotatable bonds is 4. The van der Waals surface area contributed by atoms with Crippen LogP contribution in [0.3, 0.4) is 0 Å². The summed E-state index contributed by atoms with van der Waals surface area (Å²) in [7, 11) is 0. The summed E-state index contributed by atoms with van der Waals surface area (Å²) in [5, 5.41) is 3.26.